The van der Waals surface area contributed by atoms with Crippen molar-refractivity contribution in [2.24, 2.45) is 11.7 Å². The number of hydrogen-bond acceptors (Lipinski definition) is 3. The van der Waals surface area contributed by atoms with Gasteiger partial charge in [-0.2, -0.15) is 0 Å². The summed E-state index contributed by atoms with van der Waals surface area (Å²) in [4.78, 5) is 11.6. The van der Waals surface area contributed by atoms with E-state index in [4.69, 9.17) is 10.5 Å². The highest BCUT2D eigenvalue weighted by Gasteiger charge is 2.16. The van der Waals surface area contributed by atoms with Gasteiger partial charge in [0.05, 0.1) is 13.2 Å². The molecule has 1 atom stereocenters. The molecule has 3 N–H and O–H groups in total. The second-order valence-electron chi connectivity index (χ2n) is 4.78. The standard InChI is InChI=1S/C14H21FN2O2/c1-9(2)13(16)14(18)17-7-6-10-4-5-12(19-3)11(15)8-10/h4-5,8-9,13H,6-7,16H2,1-3H3,(H,17,18). The van der Waals surface area contributed by atoms with Gasteiger partial charge in [-0.15, -0.1) is 0 Å². The van der Waals surface area contributed by atoms with Crippen molar-refractivity contribution < 1.29 is 13.9 Å². The molecule has 0 fully saturated rings. The molecule has 4 nitrogen and oxygen atoms in total. The van der Waals surface area contributed by atoms with Crippen LogP contribution in [0.5, 0.6) is 5.75 Å². The van der Waals surface area contributed by atoms with E-state index in [1.807, 2.05) is 13.8 Å². The van der Waals surface area contributed by atoms with Crippen molar-refractivity contribution in [3.05, 3.63) is 29.6 Å². The molecule has 0 saturated carbocycles. The Bertz CT molecular complexity index is 435. The SMILES string of the molecule is COc1ccc(CCNC(=O)C(N)C(C)C)cc1F. The topological polar surface area (TPSA) is 64.3 Å². The lowest BCUT2D eigenvalue weighted by molar-refractivity contribution is -0.123. The highest BCUT2D eigenvalue weighted by molar-refractivity contribution is 5.81. The molecule has 0 saturated heterocycles. The van der Waals surface area contributed by atoms with E-state index in [1.54, 1.807) is 12.1 Å². The number of carbonyl (C=O) groups is 1. The van der Waals surface area contributed by atoms with Gasteiger partial charge in [0.2, 0.25) is 5.91 Å². The first kappa shape index (κ1) is 15.4. The Morgan fingerprint density at radius 1 is 1.47 bits per heavy atom. The lowest BCUT2D eigenvalue weighted by atomic mass is 10.0. The molecule has 1 aromatic rings. The molecule has 0 bridgehead atoms. The third-order valence-corrected chi connectivity index (χ3v) is 2.95. The fourth-order valence-corrected chi connectivity index (χ4v) is 1.62. The van der Waals surface area contributed by atoms with Gasteiger partial charge in [0.15, 0.2) is 11.6 Å². The van der Waals surface area contributed by atoms with Crippen LogP contribution < -0.4 is 15.8 Å². The fraction of sp³-hybridized carbons (Fsp3) is 0.500. The van der Waals surface area contributed by atoms with Crippen LogP contribution in [0.1, 0.15) is 19.4 Å². The van der Waals surface area contributed by atoms with Crippen LogP contribution in [0.15, 0.2) is 18.2 Å². The lowest BCUT2D eigenvalue weighted by Crippen LogP contribution is -2.44. The Hall–Kier alpha value is -1.62. The van der Waals surface area contributed by atoms with Crippen molar-refractivity contribution in [3.63, 3.8) is 0 Å². The van der Waals surface area contributed by atoms with Crippen LogP contribution in [0.3, 0.4) is 0 Å². The largest absolute Gasteiger partial charge is 0.494 e. The summed E-state index contributed by atoms with van der Waals surface area (Å²) in [7, 11) is 1.42. The number of nitrogens with one attached hydrogen (secondary N) is 1. The van der Waals surface area contributed by atoms with E-state index < -0.39 is 11.9 Å². The van der Waals surface area contributed by atoms with Crippen molar-refractivity contribution in [2.75, 3.05) is 13.7 Å². The predicted octanol–water partition coefficient (Wildman–Crippen LogP) is 1.48. The number of halogens is 1. The maximum atomic E-state index is 13.4. The van der Waals surface area contributed by atoms with E-state index in [9.17, 15) is 9.18 Å². The maximum absolute atomic E-state index is 13.4. The zero-order valence-corrected chi connectivity index (χ0v) is 11.6. The van der Waals surface area contributed by atoms with Crippen molar-refractivity contribution >= 4 is 5.91 Å². The highest BCUT2D eigenvalue weighted by Crippen LogP contribution is 2.17. The molecule has 1 unspecified atom stereocenters. The molecule has 0 heterocycles. The van der Waals surface area contributed by atoms with Gasteiger partial charge in [0.25, 0.3) is 0 Å². The Morgan fingerprint density at radius 3 is 2.68 bits per heavy atom. The summed E-state index contributed by atoms with van der Waals surface area (Å²) in [6.07, 6.45) is 0.553. The summed E-state index contributed by atoms with van der Waals surface area (Å²) in [5, 5.41) is 2.74. The molecule has 0 aliphatic heterocycles. The first-order chi connectivity index (χ1) is 8.95. The third kappa shape index (κ3) is 4.52. The summed E-state index contributed by atoms with van der Waals surface area (Å²) in [6.45, 7) is 4.22. The molecular formula is C14H21FN2O2. The van der Waals surface area contributed by atoms with Gasteiger partial charge in [0, 0.05) is 6.54 Å². The van der Waals surface area contributed by atoms with Crippen LogP contribution in [-0.2, 0) is 11.2 Å². The molecule has 106 valence electrons. The van der Waals surface area contributed by atoms with Gasteiger partial charge in [0.1, 0.15) is 0 Å². The fourth-order valence-electron chi connectivity index (χ4n) is 1.62. The number of benzene rings is 1. The van der Waals surface area contributed by atoms with Gasteiger partial charge in [-0.25, -0.2) is 4.39 Å². The Kier molecular flexibility index (Phi) is 5.76. The highest BCUT2D eigenvalue weighted by atomic mass is 19.1. The zero-order chi connectivity index (χ0) is 14.4. The Labute approximate surface area is 113 Å². The van der Waals surface area contributed by atoms with Gasteiger partial charge in [-0.1, -0.05) is 19.9 Å². The zero-order valence-electron chi connectivity index (χ0n) is 11.6. The van der Waals surface area contributed by atoms with E-state index in [0.717, 1.165) is 5.56 Å². The second-order valence-corrected chi connectivity index (χ2v) is 4.78. The van der Waals surface area contributed by atoms with Crippen LogP contribution in [0.4, 0.5) is 4.39 Å². The number of rotatable bonds is 6. The minimum absolute atomic E-state index is 0.0958. The van der Waals surface area contributed by atoms with E-state index >= 15 is 0 Å². The van der Waals surface area contributed by atoms with Crippen molar-refractivity contribution in [1.29, 1.82) is 0 Å². The van der Waals surface area contributed by atoms with Crippen LogP contribution in [-0.4, -0.2) is 25.6 Å². The smallest absolute Gasteiger partial charge is 0.237 e. The molecule has 1 amide bonds. The minimum atomic E-state index is -0.507. The van der Waals surface area contributed by atoms with Crippen molar-refractivity contribution in [3.8, 4) is 5.75 Å². The Morgan fingerprint density at radius 2 is 2.16 bits per heavy atom. The molecule has 19 heavy (non-hydrogen) atoms. The number of carbonyl (C=O) groups excluding carboxylic acids is 1. The van der Waals surface area contributed by atoms with Crippen molar-refractivity contribution in [2.45, 2.75) is 26.3 Å². The van der Waals surface area contributed by atoms with E-state index in [2.05, 4.69) is 5.32 Å². The molecule has 1 aromatic carbocycles. The lowest BCUT2D eigenvalue weighted by Gasteiger charge is -2.15. The summed E-state index contributed by atoms with van der Waals surface area (Å²) in [6, 6.07) is 4.25. The van der Waals surface area contributed by atoms with Gasteiger partial charge < -0.3 is 15.8 Å². The predicted molar refractivity (Wildman–Crippen MR) is 72.5 cm³/mol. The molecule has 0 aliphatic carbocycles. The van der Waals surface area contributed by atoms with Gasteiger partial charge >= 0.3 is 0 Å². The molecule has 1 rings (SSSR count). The maximum Gasteiger partial charge on any atom is 0.237 e. The quantitative estimate of drug-likeness (QED) is 0.821. The van der Waals surface area contributed by atoms with E-state index in [-0.39, 0.29) is 17.6 Å². The molecule has 0 aliphatic rings. The number of hydrogen-bond donors (Lipinski definition) is 2. The third-order valence-electron chi connectivity index (χ3n) is 2.95. The van der Waals surface area contributed by atoms with E-state index in [1.165, 1.54) is 13.2 Å². The van der Waals surface area contributed by atoms with Gasteiger partial charge in [-0.05, 0) is 30.0 Å². The summed E-state index contributed by atoms with van der Waals surface area (Å²) < 4.78 is 18.3. The number of amides is 1. The minimum Gasteiger partial charge on any atom is -0.494 e. The first-order valence-electron chi connectivity index (χ1n) is 6.31. The van der Waals surface area contributed by atoms with Crippen LogP contribution in [0.25, 0.3) is 0 Å². The second kappa shape index (κ2) is 7.09. The van der Waals surface area contributed by atoms with Crippen molar-refractivity contribution in [1.82, 2.24) is 5.32 Å². The average Bonchev–Trinajstić information content (AvgIpc) is 2.37. The molecule has 0 aromatic heterocycles. The van der Waals surface area contributed by atoms with E-state index in [0.29, 0.717) is 13.0 Å². The summed E-state index contributed by atoms with van der Waals surface area (Å²) in [5.41, 5.74) is 6.52. The normalized spacial score (nSPS) is 12.3. The molecule has 5 heteroatoms. The first-order valence-corrected chi connectivity index (χ1v) is 6.31. The molecular weight excluding hydrogens is 247 g/mol. The Balaban J connectivity index is 2.45. The number of nitrogens with two attached hydrogens (primary N) is 1. The van der Waals surface area contributed by atoms with Crippen LogP contribution in [0.2, 0.25) is 0 Å². The van der Waals surface area contributed by atoms with Crippen LogP contribution >= 0.6 is 0 Å². The van der Waals surface area contributed by atoms with Gasteiger partial charge in [-0.3, -0.25) is 4.79 Å². The number of ether oxygens (including phenoxy) is 1. The molecule has 0 spiro atoms. The monoisotopic (exact) mass is 268 g/mol. The number of methoxy groups -OCH3 is 1. The summed E-state index contributed by atoms with van der Waals surface area (Å²) in [5.74, 6) is -0.262. The summed E-state index contributed by atoms with van der Waals surface area (Å²) >= 11 is 0. The average molecular weight is 268 g/mol. The van der Waals surface area contributed by atoms with Crippen LogP contribution in [0, 0.1) is 11.7 Å². The molecule has 0 radical (unpaired) electrons.